The lowest BCUT2D eigenvalue weighted by molar-refractivity contribution is 0.327. The van der Waals surface area contributed by atoms with Gasteiger partial charge in [-0.1, -0.05) is 24.3 Å². The molecule has 1 aliphatic heterocycles. The maximum atomic E-state index is 4.85. The first-order valence-electron chi connectivity index (χ1n) is 9.39. The Morgan fingerprint density at radius 1 is 1.19 bits per heavy atom. The number of para-hydroxylation sites is 1. The normalized spacial score (nSPS) is 18.3. The van der Waals surface area contributed by atoms with Crippen molar-refractivity contribution < 1.29 is 0 Å². The second kappa shape index (κ2) is 5.99. The topological polar surface area (TPSA) is 36.9 Å². The van der Waals surface area contributed by atoms with Gasteiger partial charge in [-0.15, -0.1) is 0 Å². The fraction of sp³-hybridized carbons (Fsp3) is 0.318. The SMILES string of the molecule is Cc1ccc2nc(C3CCN(Cc4cn(C)c5ccccc45)C3)[nH]c2c1. The number of benzene rings is 2. The number of nitrogens with one attached hydrogen (secondary N) is 1. The molecular weight excluding hydrogens is 320 g/mol. The first-order valence-corrected chi connectivity index (χ1v) is 9.39. The Balaban J connectivity index is 1.36. The molecule has 1 unspecified atom stereocenters. The number of likely N-dealkylation sites (tertiary alicyclic amines) is 1. The summed E-state index contributed by atoms with van der Waals surface area (Å²) in [5.41, 5.74) is 6.25. The van der Waals surface area contributed by atoms with Crippen molar-refractivity contribution in [3.63, 3.8) is 0 Å². The van der Waals surface area contributed by atoms with Gasteiger partial charge in [-0.2, -0.15) is 0 Å². The number of hydrogen-bond donors (Lipinski definition) is 1. The highest BCUT2D eigenvalue weighted by atomic mass is 15.2. The Bertz CT molecular complexity index is 1090. The third-order valence-corrected chi connectivity index (χ3v) is 5.69. The number of H-pyrrole nitrogens is 1. The number of aromatic amines is 1. The highest BCUT2D eigenvalue weighted by Crippen LogP contribution is 2.30. The molecule has 1 aliphatic rings. The smallest absolute Gasteiger partial charge is 0.111 e. The lowest BCUT2D eigenvalue weighted by atomic mass is 10.1. The van der Waals surface area contributed by atoms with Gasteiger partial charge in [0.1, 0.15) is 5.82 Å². The summed E-state index contributed by atoms with van der Waals surface area (Å²) in [6.07, 6.45) is 3.45. The van der Waals surface area contributed by atoms with Crippen LogP contribution in [0, 0.1) is 6.92 Å². The summed E-state index contributed by atoms with van der Waals surface area (Å²) in [7, 11) is 2.13. The molecule has 4 aromatic rings. The molecule has 0 radical (unpaired) electrons. The predicted octanol–water partition coefficient (Wildman–Crippen LogP) is 4.35. The van der Waals surface area contributed by atoms with E-state index in [1.165, 1.54) is 28.5 Å². The average molecular weight is 344 g/mol. The molecule has 132 valence electrons. The van der Waals surface area contributed by atoms with Crippen LogP contribution in [0.4, 0.5) is 0 Å². The Morgan fingerprint density at radius 3 is 3.00 bits per heavy atom. The molecule has 3 heterocycles. The zero-order valence-electron chi connectivity index (χ0n) is 15.4. The molecule has 26 heavy (non-hydrogen) atoms. The van der Waals surface area contributed by atoms with E-state index in [0.717, 1.165) is 36.5 Å². The largest absolute Gasteiger partial charge is 0.350 e. The summed E-state index contributed by atoms with van der Waals surface area (Å²) >= 11 is 0. The Hall–Kier alpha value is -2.59. The first-order chi connectivity index (χ1) is 12.7. The number of nitrogens with zero attached hydrogens (tertiary/aromatic N) is 3. The van der Waals surface area contributed by atoms with Gasteiger partial charge in [0.15, 0.2) is 0 Å². The zero-order chi connectivity index (χ0) is 17.7. The van der Waals surface area contributed by atoms with Gasteiger partial charge in [0, 0.05) is 43.2 Å². The van der Waals surface area contributed by atoms with Crippen LogP contribution in [0.5, 0.6) is 0 Å². The van der Waals surface area contributed by atoms with Crippen molar-refractivity contribution in [2.75, 3.05) is 13.1 Å². The van der Waals surface area contributed by atoms with E-state index in [4.69, 9.17) is 4.98 Å². The van der Waals surface area contributed by atoms with Crippen LogP contribution in [-0.4, -0.2) is 32.5 Å². The van der Waals surface area contributed by atoms with Gasteiger partial charge >= 0.3 is 0 Å². The number of fused-ring (bicyclic) bond motifs is 2. The molecule has 0 amide bonds. The van der Waals surface area contributed by atoms with E-state index in [9.17, 15) is 0 Å². The van der Waals surface area contributed by atoms with Crippen LogP contribution in [0.1, 0.15) is 29.3 Å². The first kappa shape index (κ1) is 15.6. The molecule has 5 rings (SSSR count). The number of aromatic nitrogens is 3. The van der Waals surface area contributed by atoms with Crippen molar-refractivity contribution in [1.29, 1.82) is 0 Å². The average Bonchev–Trinajstić information content (AvgIpc) is 3.33. The molecule has 4 heteroatoms. The number of aryl methyl sites for hydroxylation is 2. The van der Waals surface area contributed by atoms with E-state index >= 15 is 0 Å². The molecule has 2 aromatic carbocycles. The third-order valence-electron chi connectivity index (χ3n) is 5.69. The van der Waals surface area contributed by atoms with E-state index in [1.807, 2.05) is 0 Å². The minimum atomic E-state index is 0.498. The van der Waals surface area contributed by atoms with Crippen LogP contribution in [0.25, 0.3) is 21.9 Å². The van der Waals surface area contributed by atoms with Gasteiger partial charge in [0.05, 0.1) is 11.0 Å². The molecule has 2 aromatic heterocycles. The van der Waals surface area contributed by atoms with Gasteiger partial charge in [-0.25, -0.2) is 4.98 Å². The second-order valence-electron chi connectivity index (χ2n) is 7.65. The predicted molar refractivity (Wildman–Crippen MR) is 106 cm³/mol. The molecule has 1 atom stereocenters. The molecule has 0 bridgehead atoms. The van der Waals surface area contributed by atoms with Crippen molar-refractivity contribution in [2.45, 2.75) is 25.8 Å². The van der Waals surface area contributed by atoms with Crippen LogP contribution in [-0.2, 0) is 13.6 Å². The highest BCUT2D eigenvalue weighted by molar-refractivity contribution is 5.83. The van der Waals surface area contributed by atoms with Crippen LogP contribution in [0.3, 0.4) is 0 Å². The lowest BCUT2D eigenvalue weighted by Crippen LogP contribution is -2.19. The molecule has 0 aliphatic carbocycles. The van der Waals surface area contributed by atoms with Gasteiger partial charge in [-0.05, 0) is 49.2 Å². The van der Waals surface area contributed by atoms with Gasteiger partial charge in [0.25, 0.3) is 0 Å². The Labute approximate surface area is 153 Å². The zero-order valence-corrected chi connectivity index (χ0v) is 15.4. The van der Waals surface area contributed by atoms with Crippen LogP contribution in [0.15, 0.2) is 48.7 Å². The summed E-state index contributed by atoms with van der Waals surface area (Å²) < 4.78 is 2.24. The maximum absolute atomic E-state index is 4.85. The maximum Gasteiger partial charge on any atom is 0.111 e. The lowest BCUT2D eigenvalue weighted by Gasteiger charge is -2.15. The fourth-order valence-electron chi connectivity index (χ4n) is 4.33. The minimum Gasteiger partial charge on any atom is -0.350 e. The van der Waals surface area contributed by atoms with Gasteiger partial charge < -0.3 is 9.55 Å². The quantitative estimate of drug-likeness (QED) is 0.600. The molecule has 1 saturated heterocycles. The molecule has 4 nitrogen and oxygen atoms in total. The van der Waals surface area contributed by atoms with Crippen molar-refractivity contribution in [2.24, 2.45) is 7.05 Å². The van der Waals surface area contributed by atoms with Crippen molar-refractivity contribution >= 4 is 21.9 Å². The summed E-state index contributed by atoms with van der Waals surface area (Å²) in [5, 5.41) is 1.37. The number of hydrogen-bond acceptors (Lipinski definition) is 2. The number of imidazole rings is 1. The molecule has 1 fully saturated rings. The van der Waals surface area contributed by atoms with Crippen LogP contribution < -0.4 is 0 Å². The monoisotopic (exact) mass is 344 g/mol. The highest BCUT2D eigenvalue weighted by Gasteiger charge is 2.27. The van der Waals surface area contributed by atoms with Crippen molar-refractivity contribution in [1.82, 2.24) is 19.4 Å². The van der Waals surface area contributed by atoms with Gasteiger partial charge in [0.2, 0.25) is 0 Å². The summed E-state index contributed by atoms with van der Waals surface area (Å²) in [4.78, 5) is 11.0. The summed E-state index contributed by atoms with van der Waals surface area (Å²) in [6.45, 7) is 5.34. The van der Waals surface area contributed by atoms with Crippen LogP contribution in [0.2, 0.25) is 0 Å². The van der Waals surface area contributed by atoms with Crippen LogP contribution >= 0.6 is 0 Å². The fourth-order valence-corrected chi connectivity index (χ4v) is 4.33. The third kappa shape index (κ3) is 2.61. The second-order valence-corrected chi connectivity index (χ2v) is 7.65. The van der Waals surface area contributed by atoms with E-state index < -0.39 is 0 Å². The molecular formula is C22H24N4. The van der Waals surface area contributed by atoms with E-state index in [-0.39, 0.29) is 0 Å². The van der Waals surface area contributed by atoms with E-state index in [0.29, 0.717) is 5.92 Å². The van der Waals surface area contributed by atoms with Crippen molar-refractivity contribution in [3.8, 4) is 0 Å². The Morgan fingerprint density at radius 2 is 2.08 bits per heavy atom. The molecule has 1 N–H and O–H groups in total. The molecule has 0 spiro atoms. The summed E-state index contributed by atoms with van der Waals surface area (Å²) in [6, 6.07) is 15.1. The molecule has 0 saturated carbocycles. The Kier molecular flexibility index (Phi) is 3.61. The minimum absolute atomic E-state index is 0.498. The van der Waals surface area contributed by atoms with E-state index in [2.05, 4.69) is 77.1 Å². The van der Waals surface area contributed by atoms with E-state index in [1.54, 1.807) is 0 Å². The van der Waals surface area contributed by atoms with Crippen molar-refractivity contribution in [3.05, 3.63) is 65.6 Å². The standard InChI is InChI=1S/C22H24N4/c1-15-7-8-19-20(11-15)24-22(23-19)16-9-10-26(13-16)14-17-12-25(2)21-6-4-3-5-18(17)21/h3-8,11-12,16H,9-10,13-14H2,1-2H3,(H,23,24). The number of rotatable bonds is 3. The van der Waals surface area contributed by atoms with Gasteiger partial charge in [-0.3, -0.25) is 4.90 Å². The summed E-state index contributed by atoms with van der Waals surface area (Å²) in [5.74, 6) is 1.64.